The summed E-state index contributed by atoms with van der Waals surface area (Å²) in [6.07, 6.45) is 5.84. The highest BCUT2D eigenvalue weighted by Crippen LogP contribution is 2.40. The monoisotopic (exact) mass is 594 g/mol. The fourth-order valence-electron chi connectivity index (χ4n) is 5.42. The predicted molar refractivity (Wildman–Crippen MR) is 175 cm³/mol. The van der Waals surface area contributed by atoms with E-state index in [9.17, 15) is 4.79 Å². The molecule has 2 aliphatic rings. The number of allylic oxidation sites excluding steroid dienone is 1. The summed E-state index contributed by atoms with van der Waals surface area (Å²) >= 11 is 1.47. The Morgan fingerprint density at radius 1 is 1.17 bits per heavy atom. The van der Waals surface area contributed by atoms with E-state index in [0.29, 0.717) is 41.0 Å². The molecular weight excluding hydrogens is 548 g/mol. The van der Waals surface area contributed by atoms with Gasteiger partial charge in [0.25, 0.3) is 5.91 Å². The first kappa shape index (κ1) is 31.6. The Hall–Kier alpha value is -3.38. The lowest BCUT2D eigenvalue weighted by molar-refractivity contribution is 0.102. The van der Waals surface area contributed by atoms with E-state index in [-0.39, 0.29) is 11.3 Å². The maximum Gasteiger partial charge on any atom is 0.255 e. The van der Waals surface area contributed by atoms with Gasteiger partial charge >= 0.3 is 0 Å². The molecule has 8 N–H and O–H groups in total. The number of hydrogen-bond donors (Lipinski definition) is 6. The second-order valence-electron chi connectivity index (χ2n) is 11.9. The van der Waals surface area contributed by atoms with E-state index in [2.05, 4.69) is 59.6 Å². The summed E-state index contributed by atoms with van der Waals surface area (Å²) in [5, 5.41) is 10.2. The van der Waals surface area contributed by atoms with Crippen LogP contribution in [-0.4, -0.2) is 50.0 Å². The number of hydrazine groups is 2. The van der Waals surface area contributed by atoms with Gasteiger partial charge in [-0.25, -0.2) is 11.3 Å². The van der Waals surface area contributed by atoms with Gasteiger partial charge in [-0.3, -0.25) is 9.80 Å². The van der Waals surface area contributed by atoms with Crippen LogP contribution in [-0.2, 0) is 5.41 Å². The van der Waals surface area contributed by atoms with Gasteiger partial charge < -0.3 is 30.8 Å². The van der Waals surface area contributed by atoms with Crippen LogP contribution in [0, 0.1) is 6.92 Å². The van der Waals surface area contributed by atoms with Gasteiger partial charge in [0.05, 0.1) is 29.9 Å². The maximum absolute atomic E-state index is 13.5. The van der Waals surface area contributed by atoms with E-state index in [1.54, 1.807) is 25.4 Å². The van der Waals surface area contributed by atoms with Crippen molar-refractivity contribution in [2.75, 3.05) is 48.0 Å². The van der Waals surface area contributed by atoms with Gasteiger partial charge in [-0.05, 0) is 80.6 Å². The first-order valence-corrected chi connectivity index (χ1v) is 15.5. The number of nitrogens with zero attached hydrogens (tertiary/aromatic N) is 2. The molecule has 1 amide bonds. The molecule has 0 unspecified atom stereocenters. The molecule has 228 valence electrons. The third kappa shape index (κ3) is 6.97. The van der Waals surface area contributed by atoms with Crippen molar-refractivity contribution >= 4 is 34.9 Å². The third-order valence-corrected chi connectivity index (χ3v) is 8.32. The number of anilines is 3. The van der Waals surface area contributed by atoms with E-state index in [1.165, 1.54) is 17.0 Å². The molecule has 2 aliphatic heterocycles. The van der Waals surface area contributed by atoms with Crippen molar-refractivity contribution in [3.63, 3.8) is 0 Å². The molecule has 10 nitrogen and oxygen atoms in total. The molecule has 0 bridgehead atoms. The van der Waals surface area contributed by atoms with Gasteiger partial charge in [-0.1, -0.05) is 38.8 Å². The van der Waals surface area contributed by atoms with Gasteiger partial charge in [-0.2, -0.15) is 0 Å². The van der Waals surface area contributed by atoms with E-state index < -0.39 is 0 Å². The summed E-state index contributed by atoms with van der Waals surface area (Å²) in [6, 6.07) is 9.93. The number of carbonyl (C=O) groups excluding carboxylic acids is 1. The minimum atomic E-state index is -0.266. The normalized spacial score (nSPS) is 16.6. The average Bonchev–Trinajstić information content (AvgIpc) is 3.34. The Labute approximate surface area is 254 Å². The van der Waals surface area contributed by atoms with Crippen molar-refractivity contribution in [1.82, 2.24) is 15.8 Å². The molecule has 2 aromatic rings. The number of piperidine rings is 1. The first-order valence-electron chi connectivity index (χ1n) is 14.3. The topological polar surface area (TPSA) is 133 Å². The Morgan fingerprint density at radius 3 is 2.50 bits per heavy atom. The number of benzene rings is 2. The maximum atomic E-state index is 13.5. The Balaban J connectivity index is 1.58. The Bertz CT molecular complexity index is 1360. The molecule has 4 rings (SSSR count). The molecule has 0 spiro atoms. The van der Waals surface area contributed by atoms with Crippen molar-refractivity contribution in [2.24, 2.45) is 11.6 Å². The molecule has 0 aromatic heterocycles. The number of aryl methyl sites for hydroxylation is 1. The largest absolute Gasteiger partial charge is 0.492 e. The van der Waals surface area contributed by atoms with Crippen molar-refractivity contribution in [3.8, 4) is 5.75 Å². The lowest BCUT2D eigenvalue weighted by atomic mass is 9.86. The Kier molecular flexibility index (Phi) is 9.98. The summed E-state index contributed by atoms with van der Waals surface area (Å²) < 4.78 is 8.98. The summed E-state index contributed by atoms with van der Waals surface area (Å²) in [5.74, 6) is 6.83. The number of methoxy groups -OCH3 is 1. The van der Waals surface area contributed by atoms with Gasteiger partial charge in [0.1, 0.15) is 0 Å². The molecule has 2 heterocycles. The molecule has 1 saturated heterocycles. The van der Waals surface area contributed by atoms with Crippen LogP contribution in [0.25, 0.3) is 0 Å². The summed E-state index contributed by atoms with van der Waals surface area (Å²) in [7, 11) is 1.60. The number of nitrogens with one attached hydrogen (secondary N) is 4. The SMILES string of the molecule is COc1c(NSC)cc(C(C)(C)C)cc1NC(=O)c1ccc(C)c(N(N)/C=C(\N)C2=C(C)N(C3CCNCC3)NC2)c1. The quantitative estimate of drug-likeness (QED) is 0.139. The first-order chi connectivity index (χ1) is 19.9. The number of nitrogens with two attached hydrogens (primary N) is 2. The van der Waals surface area contributed by atoms with E-state index >= 15 is 0 Å². The van der Waals surface area contributed by atoms with Gasteiger partial charge in [0.15, 0.2) is 5.75 Å². The second-order valence-corrected chi connectivity index (χ2v) is 12.5. The molecule has 0 saturated carbocycles. The lowest BCUT2D eigenvalue weighted by Crippen LogP contribution is -2.46. The summed E-state index contributed by atoms with van der Waals surface area (Å²) in [6.45, 7) is 13.1. The minimum absolute atomic E-state index is 0.128. The van der Waals surface area contributed by atoms with Gasteiger partial charge in [-0.15, -0.1) is 0 Å². The number of hydrogen-bond acceptors (Lipinski definition) is 10. The highest BCUT2D eigenvalue weighted by atomic mass is 32.2. The lowest BCUT2D eigenvalue weighted by Gasteiger charge is -2.33. The summed E-state index contributed by atoms with van der Waals surface area (Å²) in [4.78, 5) is 13.5. The zero-order valence-electron chi connectivity index (χ0n) is 25.9. The zero-order chi connectivity index (χ0) is 30.6. The molecule has 0 radical (unpaired) electrons. The number of rotatable bonds is 9. The molecule has 42 heavy (non-hydrogen) atoms. The van der Waals surface area contributed by atoms with Crippen LogP contribution in [0.1, 0.15) is 62.0 Å². The van der Waals surface area contributed by atoms with Crippen LogP contribution in [0.3, 0.4) is 0 Å². The van der Waals surface area contributed by atoms with Crippen molar-refractivity contribution in [1.29, 1.82) is 0 Å². The smallest absolute Gasteiger partial charge is 0.255 e. The Morgan fingerprint density at radius 2 is 1.86 bits per heavy atom. The van der Waals surface area contributed by atoms with Crippen LogP contribution < -0.4 is 42.1 Å². The molecule has 0 atom stereocenters. The molecule has 0 aliphatic carbocycles. The highest BCUT2D eigenvalue weighted by Gasteiger charge is 2.28. The van der Waals surface area contributed by atoms with Crippen LogP contribution >= 0.6 is 11.9 Å². The van der Waals surface area contributed by atoms with E-state index in [0.717, 1.165) is 54.0 Å². The predicted octanol–water partition coefficient (Wildman–Crippen LogP) is 4.57. The van der Waals surface area contributed by atoms with Crippen LogP contribution in [0.15, 0.2) is 53.5 Å². The van der Waals surface area contributed by atoms with Gasteiger partial charge in [0, 0.05) is 41.9 Å². The third-order valence-electron chi connectivity index (χ3n) is 7.89. The minimum Gasteiger partial charge on any atom is -0.492 e. The van der Waals surface area contributed by atoms with Crippen LogP contribution in [0.2, 0.25) is 0 Å². The van der Waals surface area contributed by atoms with Gasteiger partial charge in [0.2, 0.25) is 0 Å². The fraction of sp³-hybridized carbons (Fsp3) is 0.452. The molecule has 11 heteroatoms. The molecule has 2 aromatic carbocycles. The summed E-state index contributed by atoms with van der Waals surface area (Å²) in [5.41, 5.74) is 17.2. The number of amides is 1. The van der Waals surface area contributed by atoms with Crippen LogP contribution in [0.4, 0.5) is 17.1 Å². The van der Waals surface area contributed by atoms with E-state index in [1.807, 2.05) is 25.3 Å². The fourth-order valence-corrected chi connectivity index (χ4v) is 5.79. The second kappa shape index (κ2) is 13.3. The van der Waals surface area contributed by atoms with Crippen molar-refractivity contribution in [3.05, 3.63) is 70.2 Å². The number of ether oxygens (including phenoxy) is 1. The van der Waals surface area contributed by atoms with Crippen molar-refractivity contribution < 1.29 is 9.53 Å². The van der Waals surface area contributed by atoms with E-state index in [4.69, 9.17) is 16.3 Å². The zero-order valence-corrected chi connectivity index (χ0v) is 26.7. The molecule has 1 fully saturated rings. The average molecular weight is 595 g/mol. The van der Waals surface area contributed by atoms with Crippen LogP contribution in [0.5, 0.6) is 5.75 Å². The van der Waals surface area contributed by atoms with Crippen molar-refractivity contribution in [2.45, 2.75) is 58.9 Å². The molecular formula is C31H46N8O2S. The number of carbonyl (C=O) groups is 1. The highest BCUT2D eigenvalue weighted by molar-refractivity contribution is 7.99. The standard InChI is InChI=1S/C31H46N8O2S/c1-19-8-9-21(30(40)36-26-15-22(31(3,4)5)16-27(37-42-7)29(26)41-6)14-28(19)38(33)18-25(32)24-17-35-39(20(24)2)23-10-12-34-13-11-23/h8-9,14-16,18,23,34-35,37H,10-13,17,32-33H2,1-7H3,(H,36,40)/b25-18-.